The third-order valence-corrected chi connectivity index (χ3v) is 4.53. The number of benzene rings is 2. The molecule has 2 aromatic rings. The molecule has 2 N–H and O–H groups in total. The van der Waals surface area contributed by atoms with Gasteiger partial charge in [0.25, 0.3) is 0 Å². The molecule has 1 atom stereocenters. The maximum Gasteiger partial charge on any atom is 0.407 e. The highest BCUT2D eigenvalue weighted by Gasteiger charge is 2.29. The van der Waals surface area contributed by atoms with Gasteiger partial charge in [-0.15, -0.1) is 0 Å². The van der Waals surface area contributed by atoms with Gasteiger partial charge in [-0.1, -0.05) is 48.5 Å². The molecule has 0 spiro atoms. The van der Waals surface area contributed by atoms with Crippen LogP contribution in [-0.2, 0) is 14.3 Å². The Hall–Kier alpha value is -2.86. The van der Waals surface area contributed by atoms with Crippen LogP contribution >= 0.6 is 0 Å². The van der Waals surface area contributed by atoms with Crippen molar-refractivity contribution in [1.29, 1.82) is 0 Å². The Labute approximate surface area is 158 Å². The van der Waals surface area contributed by atoms with Crippen LogP contribution in [-0.4, -0.2) is 43.0 Å². The summed E-state index contributed by atoms with van der Waals surface area (Å²) < 4.78 is 10.1. The lowest BCUT2D eigenvalue weighted by molar-refractivity contribution is -0.145. The fraction of sp³-hybridized carbons (Fsp3) is 0.333. The van der Waals surface area contributed by atoms with Gasteiger partial charge >= 0.3 is 12.1 Å². The van der Waals surface area contributed by atoms with Crippen molar-refractivity contribution < 1.29 is 24.2 Å². The third-order valence-electron chi connectivity index (χ3n) is 4.53. The Balaban J connectivity index is 1.54. The van der Waals surface area contributed by atoms with Crippen LogP contribution in [0, 0.1) is 0 Å². The summed E-state index contributed by atoms with van der Waals surface area (Å²) in [5.41, 5.74) is 4.58. The number of aliphatic hydroxyl groups is 1. The van der Waals surface area contributed by atoms with E-state index in [0.29, 0.717) is 0 Å². The minimum atomic E-state index is -1.01. The lowest BCUT2D eigenvalue weighted by atomic mass is 9.98. The first kappa shape index (κ1) is 18.9. The zero-order valence-corrected chi connectivity index (χ0v) is 15.2. The van der Waals surface area contributed by atoms with Gasteiger partial charge < -0.3 is 19.9 Å². The van der Waals surface area contributed by atoms with Gasteiger partial charge in [-0.05, 0) is 29.2 Å². The van der Waals surface area contributed by atoms with Crippen molar-refractivity contribution in [2.45, 2.75) is 25.4 Å². The van der Waals surface area contributed by atoms with Crippen molar-refractivity contribution in [3.63, 3.8) is 0 Å². The van der Waals surface area contributed by atoms with E-state index in [1.54, 1.807) is 6.92 Å². The topological polar surface area (TPSA) is 84.9 Å². The molecular weight excluding hydrogens is 346 g/mol. The number of carbonyl (C=O) groups is 2. The normalized spacial score (nSPS) is 13.4. The standard InChI is InChI=1S/C21H23NO5/c1-2-26-20(24)11-14(23)12-22-21(25)27-13-19-17-9-5-3-7-15(17)16-8-4-6-10-18(16)19/h3-10,14,19,23H,2,11-13H2,1H3,(H,22,25). The van der Waals surface area contributed by atoms with Crippen LogP contribution in [0.2, 0.25) is 0 Å². The van der Waals surface area contributed by atoms with Crippen LogP contribution in [0.5, 0.6) is 0 Å². The minimum Gasteiger partial charge on any atom is -0.466 e. The number of carbonyl (C=O) groups excluding carboxylic acids is 2. The molecule has 27 heavy (non-hydrogen) atoms. The number of alkyl carbamates (subject to hydrolysis) is 1. The molecule has 1 unspecified atom stereocenters. The second-order valence-corrected chi connectivity index (χ2v) is 6.37. The average molecular weight is 369 g/mol. The lowest BCUT2D eigenvalue weighted by Gasteiger charge is -2.15. The van der Waals surface area contributed by atoms with Gasteiger partial charge in [0.2, 0.25) is 0 Å². The highest BCUT2D eigenvalue weighted by molar-refractivity contribution is 5.79. The van der Waals surface area contributed by atoms with Gasteiger partial charge in [-0.25, -0.2) is 4.79 Å². The summed E-state index contributed by atoms with van der Waals surface area (Å²) in [7, 11) is 0. The zero-order chi connectivity index (χ0) is 19.2. The summed E-state index contributed by atoms with van der Waals surface area (Å²) in [4.78, 5) is 23.3. The van der Waals surface area contributed by atoms with Crippen molar-refractivity contribution in [1.82, 2.24) is 5.32 Å². The minimum absolute atomic E-state index is 0.0207. The number of ether oxygens (including phenoxy) is 2. The predicted octanol–water partition coefficient (Wildman–Crippen LogP) is 2.84. The van der Waals surface area contributed by atoms with Crippen LogP contribution in [0.15, 0.2) is 48.5 Å². The first-order valence-corrected chi connectivity index (χ1v) is 9.02. The van der Waals surface area contributed by atoms with Gasteiger partial charge in [0.15, 0.2) is 0 Å². The average Bonchev–Trinajstić information content (AvgIpc) is 2.99. The molecule has 0 bridgehead atoms. The van der Waals surface area contributed by atoms with Crippen LogP contribution in [0.3, 0.4) is 0 Å². The Kier molecular flexibility index (Phi) is 6.08. The highest BCUT2D eigenvalue weighted by Crippen LogP contribution is 2.44. The highest BCUT2D eigenvalue weighted by atomic mass is 16.5. The molecule has 0 aromatic heterocycles. The van der Waals surface area contributed by atoms with E-state index in [2.05, 4.69) is 17.4 Å². The first-order chi connectivity index (χ1) is 13.1. The largest absolute Gasteiger partial charge is 0.466 e. The molecule has 1 amide bonds. The number of nitrogens with one attached hydrogen (secondary N) is 1. The van der Waals surface area contributed by atoms with Gasteiger partial charge in [0.05, 0.1) is 19.1 Å². The van der Waals surface area contributed by atoms with Crippen molar-refractivity contribution >= 4 is 12.1 Å². The lowest BCUT2D eigenvalue weighted by Crippen LogP contribution is -2.34. The summed E-state index contributed by atoms with van der Waals surface area (Å²) >= 11 is 0. The van der Waals surface area contributed by atoms with Crippen LogP contribution in [0.1, 0.15) is 30.4 Å². The van der Waals surface area contributed by atoms with E-state index < -0.39 is 18.2 Å². The molecule has 142 valence electrons. The molecule has 6 heteroatoms. The number of aliphatic hydroxyl groups excluding tert-OH is 1. The zero-order valence-electron chi connectivity index (χ0n) is 15.2. The summed E-state index contributed by atoms with van der Waals surface area (Å²) in [6, 6.07) is 16.2. The molecule has 0 radical (unpaired) electrons. The molecule has 1 aliphatic rings. The quantitative estimate of drug-likeness (QED) is 0.733. The Morgan fingerprint density at radius 3 is 2.22 bits per heavy atom. The monoisotopic (exact) mass is 369 g/mol. The number of hydrogen-bond acceptors (Lipinski definition) is 5. The van der Waals surface area contributed by atoms with Crippen molar-refractivity contribution in [3.8, 4) is 11.1 Å². The maximum absolute atomic E-state index is 12.0. The predicted molar refractivity (Wildman–Crippen MR) is 100 cm³/mol. The molecule has 2 aromatic carbocycles. The molecule has 1 aliphatic carbocycles. The summed E-state index contributed by atoms with van der Waals surface area (Å²) in [6.45, 7) is 2.08. The van der Waals surface area contributed by atoms with Gasteiger partial charge in [0.1, 0.15) is 6.61 Å². The van der Waals surface area contributed by atoms with Crippen molar-refractivity contribution in [2.75, 3.05) is 19.8 Å². The van der Waals surface area contributed by atoms with Crippen LogP contribution in [0.25, 0.3) is 11.1 Å². The third kappa shape index (κ3) is 4.46. The molecule has 0 aliphatic heterocycles. The fourth-order valence-corrected chi connectivity index (χ4v) is 3.34. The maximum atomic E-state index is 12.0. The smallest absolute Gasteiger partial charge is 0.407 e. The van der Waals surface area contributed by atoms with Gasteiger partial charge in [-0.3, -0.25) is 4.79 Å². The van der Waals surface area contributed by atoms with Gasteiger partial charge in [-0.2, -0.15) is 0 Å². The first-order valence-electron chi connectivity index (χ1n) is 9.02. The van der Waals surface area contributed by atoms with E-state index in [1.807, 2.05) is 36.4 Å². The van der Waals surface area contributed by atoms with Crippen molar-refractivity contribution in [3.05, 3.63) is 59.7 Å². The van der Waals surface area contributed by atoms with E-state index in [9.17, 15) is 14.7 Å². The molecule has 0 heterocycles. The molecule has 0 fully saturated rings. The van der Waals surface area contributed by atoms with E-state index in [0.717, 1.165) is 22.3 Å². The molecule has 3 rings (SSSR count). The number of fused-ring (bicyclic) bond motifs is 3. The summed E-state index contributed by atoms with van der Waals surface area (Å²) in [5.74, 6) is -0.521. The van der Waals surface area contributed by atoms with E-state index >= 15 is 0 Å². The van der Waals surface area contributed by atoms with E-state index in [1.165, 1.54) is 0 Å². The molecule has 0 saturated carbocycles. The van der Waals surface area contributed by atoms with E-state index in [4.69, 9.17) is 9.47 Å². The molecule has 6 nitrogen and oxygen atoms in total. The molecule has 0 saturated heterocycles. The van der Waals surface area contributed by atoms with Gasteiger partial charge in [0, 0.05) is 12.5 Å². The SMILES string of the molecule is CCOC(=O)CC(O)CNC(=O)OCC1c2ccccc2-c2ccccc21. The fourth-order valence-electron chi connectivity index (χ4n) is 3.34. The Morgan fingerprint density at radius 2 is 1.63 bits per heavy atom. The molecular formula is C21H23NO5. The van der Waals surface area contributed by atoms with Crippen LogP contribution < -0.4 is 5.32 Å². The number of amides is 1. The van der Waals surface area contributed by atoms with Crippen molar-refractivity contribution in [2.24, 2.45) is 0 Å². The second-order valence-electron chi connectivity index (χ2n) is 6.37. The van der Waals surface area contributed by atoms with Crippen LogP contribution in [0.4, 0.5) is 4.79 Å². The Morgan fingerprint density at radius 1 is 1.04 bits per heavy atom. The number of rotatable bonds is 7. The van der Waals surface area contributed by atoms with E-state index in [-0.39, 0.29) is 32.1 Å². The summed E-state index contributed by atoms with van der Waals surface area (Å²) in [5, 5.41) is 12.2. The summed E-state index contributed by atoms with van der Waals surface area (Å²) in [6.07, 6.45) is -1.80. The number of esters is 1. The second kappa shape index (κ2) is 8.68. The number of hydrogen-bond donors (Lipinski definition) is 2. The Bertz CT molecular complexity index is 774.